The molecular weight excluding hydrogens is 781 g/mol. The zero-order valence-corrected chi connectivity index (χ0v) is 39.0. The lowest BCUT2D eigenvalue weighted by Gasteiger charge is -2.28. The number of carbonyl (C=O) groups excluding carboxylic acids is 2. The van der Waals surface area contributed by atoms with Gasteiger partial charge in [-0.15, -0.1) is 0 Å². The van der Waals surface area contributed by atoms with Crippen LogP contribution in [0.4, 0.5) is 0 Å². The number of carbonyl (C=O) groups is 2. The molecule has 4 atom stereocenters. The third-order valence-corrected chi connectivity index (χ3v) is 10.4. The summed E-state index contributed by atoms with van der Waals surface area (Å²) in [7, 11) is 0.964. The Balaban J connectivity index is 4.64. The zero-order chi connectivity index (χ0) is 44.6. The normalized spacial score (nSPS) is 15.3. The number of esters is 2. The predicted octanol–water partition coefficient (Wildman–Crippen LogP) is 10.3. The third-order valence-electron chi connectivity index (χ3n) is 9.40. The summed E-state index contributed by atoms with van der Waals surface area (Å²) in [6.07, 6.45) is 41.0. The fraction of sp³-hybridized carbons (Fsp3) is 0.708. The first-order valence-corrected chi connectivity index (χ1v) is 24.3. The molecule has 0 aliphatic rings. The van der Waals surface area contributed by atoms with Gasteiger partial charge < -0.3 is 38.1 Å². The second-order valence-electron chi connectivity index (χ2n) is 16.4. The first-order valence-electron chi connectivity index (χ1n) is 22.8. The number of aliphatic hydroxyl groups is 2. The van der Waals surface area contributed by atoms with Crippen molar-refractivity contribution in [3.63, 3.8) is 0 Å². The number of phosphoric ester groups is 1. The summed E-state index contributed by atoms with van der Waals surface area (Å²) >= 11 is 0. The van der Waals surface area contributed by atoms with Crippen LogP contribution in [-0.2, 0) is 32.7 Å². The number of rotatable bonds is 40. The van der Waals surface area contributed by atoms with Crippen LogP contribution in [0, 0.1) is 0 Å². The molecule has 0 bridgehead atoms. The number of phosphoric acid groups is 1. The van der Waals surface area contributed by atoms with Crippen LogP contribution in [0.2, 0.25) is 0 Å². The summed E-state index contributed by atoms with van der Waals surface area (Å²) in [5, 5.41) is 20.8. The third kappa shape index (κ3) is 40.8. The van der Waals surface area contributed by atoms with Crippen LogP contribution in [0.5, 0.6) is 0 Å². The molecule has 0 saturated heterocycles. The van der Waals surface area contributed by atoms with Crippen molar-refractivity contribution in [3.05, 3.63) is 72.9 Å². The molecule has 0 spiro atoms. The number of hydrogen-bond acceptors (Lipinski definition) is 10. The van der Waals surface area contributed by atoms with E-state index in [2.05, 4.69) is 74.6 Å². The van der Waals surface area contributed by atoms with Gasteiger partial charge >= 0.3 is 11.9 Å². The number of quaternary nitrogens is 1. The van der Waals surface area contributed by atoms with Crippen molar-refractivity contribution in [2.45, 2.75) is 173 Å². The molecule has 0 rings (SSSR count). The van der Waals surface area contributed by atoms with Gasteiger partial charge in [0.2, 0.25) is 0 Å². The van der Waals surface area contributed by atoms with E-state index in [1.807, 2.05) is 33.3 Å². The maximum Gasteiger partial charge on any atom is 0.306 e. The molecule has 3 unspecified atom stereocenters. The van der Waals surface area contributed by atoms with Gasteiger partial charge in [0.1, 0.15) is 19.8 Å². The lowest BCUT2D eigenvalue weighted by molar-refractivity contribution is -0.870. The first-order chi connectivity index (χ1) is 28.8. The van der Waals surface area contributed by atoms with Crippen LogP contribution in [0.25, 0.3) is 0 Å². The average molecular weight is 866 g/mol. The molecule has 12 heteroatoms. The molecule has 0 aromatic carbocycles. The van der Waals surface area contributed by atoms with Crippen molar-refractivity contribution >= 4 is 19.8 Å². The lowest BCUT2D eigenvalue weighted by atomic mass is 10.0. The minimum atomic E-state index is -4.72. The van der Waals surface area contributed by atoms with Gasteiger partial charge in [-0.1, -0.05) is 125 Å². The molecule has 0 aromatic rings. The Kier molecular flexibility index (Phi) is 37.5. The molecule has 11 nitrogen and oxygen atoms in total. The second-order valence-corrected chi connectivity index (χ2v) is 17.8. The van der Waals surface area contributed by atoms with Crippen LogP contribution in [-0.4, -0.2) is 92.5 Å². The Hall–Kier alpha value is -2.63. The smallest absolute Gasteiger partial charge is 0.306 e. The van der Waals surface area contributed by atoms with Crippen LogP contribution < -0.4 is 4.89 Å². The molecule has 0 aliphatic carbocycles. The van der Waals surface area contributed by atoms with E-state index < -0.39 is 44.7 Å². The van der Waals surface area contributed by atoms with Crippen molar-refractivity contribution in [1.82, 2.24) is 0 Å². The van der Waals surface area contributed by atoms with E-state index in [-0.39, 0.29) is 45.3 Å². The number of ether oxygens (including phenoxy) is 2. The number of likely N-dealkylation sites (N-methyl/N-ethyl adjacent to an activating group) is 1. The number of aliphatic hydroxyl groups excluding tert-OH is 2. The molecule has 0 saturated carbocycles. The summed E-state index contributed by atoms with van der Waals surface area (Å²) < 4.78 is 33.7. The lowest BCUT2D eigenvalue weighted by Crippen LogP contribution is -2.37. The van der Waals surface area contributed by atoms with Crippen LogP contribution >= 0.6 is 7.82 Å². The monoisotopic (exact) mass is 866 g/mol. The fourth-order valence-electron chi connectivity index (χ4n) is 5.64. The first kappa shape index (κ1) is 57.4. The topological polar surface area (TPSA) is 152 Å². The standard InChI is InChI=1S/C48H84NO10P/c1-6-8-10-12-14-16-18-20-21-22-23-24-26-28-30-32-34-38-47(52)56-42-44(43-58-60(54,55)57-41-40-49(3,4)5)59-48(53)39-35-37-46(51)45(50)36-33-31-29-27-25-19-17-15-13-11-9-7-2/h14-17,20-21,23-25,27,31,33,44-46,50-51H,6-13,18-19,22,26,28-30,32,34-43H2,1-5H3/b16-14-,17-15-,21-20-,24-23-,27-25-,33-31-/t44-,45?,46?/m1/s1. The molecule has 2 N–H and O–H groups in total. The molecule has 60 heavy (non-hydrogen) atoms. The van der Waals surface area contributed by atoms with E-state index in [1.54, 1.807) is 0 Å². The summed E-state index contributed by atoms with van der Waals surface area (Å²) in [4.78, 5) is 37.6. The van der Waals surface area contributed by atoms with Gasteiger partial charge in [0.15, 0.2) is 6.10 Å². The second kappa shape index (κ2) is 39.2. The molecular formula is C48H84NO10P. The van der Waals surface area contributed by atoms with E-state index in [0.29, 0.717) is 17.4 Å². The fourth-order valence-corrected chi connectivity index (χ4v) is 6.37. The Morgan fingerprint density at radius 2 is 1.08 bits per heavy atom. The van der Waals surface area contributed by atoms with Crippen LogP contribution in [0.15, 0.2) is 72.9 Å². The Morgan fingerprint density at radius 3 is 1.62 bits per heavy atom. The molecule has 0 fully saturated rings. The number of unbranched alkanes of at least 4 members (excludes halogenated alkanes) is 10. The van der Waals surface area contributed by atoms with E-state index in [4.69, 9.17) is 18.5 Å². The number of nitrogens with zero attached hydrogens (tertiary/aromatic N) is 1. The van der Waals surface area contributed by atoms with Gasteiger partial charge in [0.25, 0.3) is 7.82 Å². The summed E-state index contributed by atoms with van der Waals surface area (Å²) in [6.45, 7) is 3.78. The Labute approximate surface area is 364 Å². The highest BCUT2D eigenvalue weighted by Crippen LogP contribution is 2.38. The van der Waals surface area contributed by atoms with E-state index in [9.17, 15) is 29.3 Å². The highest BCUT2D eigenvalue weighted by Gasteiger charge is 2.22. The van der Waals surface area contributed by atoms with Crippen molar-refractivity contribution in [3.8, 4) is 0 Å². The quantitative estimate of drug-likeness (QED) is 0.0200. The SMILES string of the molecule is CCCCC/C=C\C/C=C\C/C=C\CCCCCCC(=O)OC[C@H](COP(=O)([O-])OCC[N+](C)(C)C)OC(=O)CCCC(O)C(O)C/C=C\C/C=C\C/C=C\CCCCC. The summed E-state index contributed by atoms with van der Waals surface area (Å²) in [6, 6.07) is 0. The van der Waals surface area contributed by atoms with Crippen molar-refractivity contribution in [2.75, 3.05) is 47.5 Å². The minimum Gasteiger partial charge on any atom is -0.756 e. The van der Waals surface area contributed by atoms with Gasteiger partial charge in [-0.25, -0.2) is 0 Å². The van der Waals surface area contributed by atoms with Crippen LogP contribution in [0.3, 0.4) is 0 Å². The van der Waals surface area contributed by atoms with Crippen molar-refractivity contribution < 1.29 is 52.3 Å². The Bertz CT molecular complexity index is 1290. The van der Waals surface area contributed by atoms with Crippen molar-refractivity contribution in [1.29, 1.82) is 0 Å². The van der Waals surface area contributed by atoms with E-state index >= 15 is 0 Å². The van der Waals surface area contributed by atoms with E-state index in [0.717, 1.165) is 64.2 Å². The average Bonchev–Trinajstić information content (AvgIpc) is 3.19. The summed E-state index contributed by atoms with van der Waals surface area (Å²) in [5.74, 6) is -1.15. The zero-order valence-electron chi connectivity index (χ0n) is 38.1. The largest absolute Gasteiger partial charge is 0.756 e. The number of allylic oxidation sites excluding steroid dienone is 11. The van der Waals surface area contributed by atoms with Gasteiger partial charge in [-0.2, -0.15) is 0 Å². The summed E-state index contributed by atoms with van der Waals surface area (Å²) in [5.41, 5.74) is 0. The van der Waals surface area contributed by atoms with Crippen molar-refractivity contribution in [2.24, 2.45) is 0 Å². The highest BCUT2D eigenvalue weighted by atomic mass is 31.2. The van der Waals surface area contributed by atoms with Gasteiger partial charge in [-0.05, 0) is 89.9 Å². The predicted molar refractivity (Wildman–Crippen MR) is 243 cm³/mol. The number of hydrogen-bond donors (Lipinski definition) is 2. The Morgan fingerprint density at radius 1 is 0.600 bits per heavy atom. The molecule has 0 aliphatic heterocycles. The molecule has 0 radical (unpaired) electrons. The molecule has 0 amide bonds. The minimum absolute atomic E-state index is 0.0904. The van der Waals surface area contributed by atoms with Gasteiger partial charge in [-0.3, -0.25) is 14.2 Å². The molecule has 0 heterocycles. The maximum atomic E-state index is 12.7. The van der Waals surface area contributed by atoms with Crippen LogP contribution in [0.1, 0.15) is 155 Å². The van der Waals surface area contributed by atoms with Gasteiger partial charge in [0.05, 0.1) is 40.0 Å². The van der Waals surface area contributed by atoms with Gasteiger partial charge in [0, 0.05) is 12.8 Å². The van der Waals surface area contributed by atoms with E-state index in [1.165, 1.54) is 38.5 Å². The molecule has 0 aromatic heterocycles. The molecule has 346 valence electrons. The maximum absolute atomic E-state index is 12.7. The highest BCUT2D eigenvalue weighted by molar-refractivity contribution is 7.45.